The van der Waals surface area contributed by atoms with Crippen molar-refractivity contribution in [2.45, 2.75) is 31.7 Å². The van der Waals surface area contributed by atoms with E-state index in [9.17, 15) is 0 Å². The second kappa shape index (κ2) is 4.16. The van der Waals surface area contributed by atoms with Crippen molar-refractivity contribution in [3.05, 3.63) is 23.8 Å². The zero-order valence-electron chi connectivity index (χ0n) is 11.4. The minimum atomic E-state index is 0.478. The van der Waals surface area contributed by atoms with Crippen LogP contribution in [0.3, 0.4) is 0 Å². The van der Waals surface area contributed by atoms with Crippen LogP contribution in [0.5, 0.6) is 0 Å². The van der Waals surface area contributed by atoms with Crippen molar-refractivity contribution in [2.75, 3.05) is 37.3 Å². The van der Waals surface area contributed by atoms with Crippen molar-refractivity contribution in [1.29, 1.82) is 0 Å². The number of nitrogen functional groups attached to an aromatic ring is 1. The van der Waals surface area contributed by atoms with Crippen LogP contribution in [0.2, 0.25) is 0 Å². The van der Waals surface area contributed by atoms with Gasteiger partial charge < -0.3 is 10.6 Å². The van der Waals surface area contributed by atoms with Gasteiger partial charge in [0.05, 0.1) is 0 Å². The normalized spacial score (nSPS) is 22.4. The molecule has 3 nitrogen and oxygen atoms in total. The Morgan fingerprint density at radius 1 is 1.28 bits per heavy atom. The summed E-state index contributed by atoms with van der Waals surface area (Å²) >= 11 is 0. The van der Waals surface area contributed by atoms with Gasteiger partial charge in [0, 0.05) is 36.5 Å². The number of nitrogens with zero attached hydrogens (tertiary/aromatic N) is 2. The zero-order valence-corrected chi connectivity index (χ0v) is 11.4. The summed E-state index contributed by atoms with van der Waals surface area (Å²) in [5.41, 5.74) is 10.0. The Bertz CT molecular complexity index is 451. The number of piperazine rings is 1. The molecule has 1 aromatic carbocycles. The Morgan fingerprint density at radius 3 is 2.72 bits per heavy atom. The molecule has 1 saturated heterocycles. The molecule has 18 heavy (non-hydrogen) atoms. The smallest absolute Gasteiger partial charge is 0.0383 e. The molecule has 1 aromatic rings. The maximum Gasteiger partial charge on any atom is 0.0383 e. The minimum Gasteiger partial charge on any atom is -0.399 e. The average Bonchev–Trinajstić information content (AvgIpc) is 3.14. The van der Waals surface area contributed by atoms with Gasteiger partial charge in [0.2, 0.25) is 0 Å². The molecule has 98 valence electrons. The molecule has 3 heteroatoms. The monoisotopic (exact) mass is 245 g/mol. The molecule has 0 bridgehead atoms. The molecule has 0 aromatic heterocycles. The van der Waals surface area contributed by atoms with E-state index in [0.29, 0.717) is 5.54 Å². The molecule has 0 unspecified atom stereocenters. The Hall–Kier alpha value is -1.22. The molecule has 2 fully saturated rings. The van der Waals surface area contributed by atoms with E-state index in [1.165, 1.54) is 37.2 Å². The Balaban J connectivity index is 1.83. The predicted octanol–water partition coefficient (Wildman–Crippen LogP) is 2.12. The van der Waals surface area contributed by atoms with Crippen molar-refractivity contribution in [2.24, 2.45) is 0 Å². The number of aryl methyl sites for hydroxylation is 1. The van der Waals surface area contributed by atoms with E-state index in [-0.39, 0.29) is 0 Å². The molecule has 1 aliphatic carbocycles. The topological polar surface area (TPSA) is 32.5 Å². The van der Waals surface area contributed by atoms with Crippen LogP contribution in [-0.4, -0.2) is 37.1 Å². The first-order valence-corrected chi connectivity index (χ1v) is 6.99. The number of rotatable bonds is 2. The summed E-state index contributed by atoms with van der Waals surface area (Å²) in [5, 5.41) is 0. The summed E-state index contributed by atoms with van der Waals surface area (Å²) in [4.78, 5) is 5.08. The van der Waals surface area contributed by atoms with Crippen LogP contribution in [0.25, 0.3) is 0 Å². The van der Waals surface area contributed by atoms with Crippen LogP contribution in [-0.2, 0) is 6.42 Å². The first-order valence-electron chi connectivity index (χ1n) is 6.99. The van der Waals surface area contributed by atoms with Gasteiger partial charge in [-0.25, -0.2) is 0 Å². The van der Waals surface area contributed by atoms with Gasteiger partial charge in [-0.2, -0.15) is 0 Å². The van der Waals surface area contributed by atoms with Crippen molar-refractivity contribution < 1.29 is 0 Å². The van der Waals surface area contributed by atoms with E-state index in [2.05, 4.69) is 42.0 Å². The van der Waals surface area contributed by atoms with Crippen LogP contribution < -0.4 is 10.6 Å². The summed E-state index contributed by atoms with van der Waals surface area (Å²) in [7, 11) is 2.27. The number of benzene rings is 1. The lowest BCUT2D eigenvalue weighted by molar-refractivity contribution is 0.199. The van der Waals surface area contributed by atoms with Gasteiger partial charge in [0.1, 0.15) is 0 Å². The van der Waals surface area contributed by atoms with Crippen LogP contribution in [0, 0.1) is 0 Å². The molecule has 0 amide bonds. The fraction of sp³-hybridized carbons (Fsp3) is 0.600. The van der Waals surface area contributed by atoms with Gasteiger partial charge in [-0.15, -0.1) is 0 Å². The van der Waals surface area contributed by atoms with Crippen molar-refractivity contribution >= 4 is 11.4 Å². The van der Waals surface area contributed by atoms with Gasteiger partial charge in [-0.3, -0.25) is 4.90 Å². The van der Waals surface area contributed by atoms with E-state index < -0.39 is 0 Å². The fourth-order valence-corrected chi connectivity index (χ4v) is 3.06. The molecule has 1 aliphatic heterocycles. The predicted molar refractivity (Wildman–Crippen MR) is 77.0 cm³/mol. The Kier molecular flexibility index (Phi) is 2.74. The summed E-state index contributed by atoms with van der Waals surface area (Å²) in [6.45, 7) is 5.65. The van der Waals surface area contributed by atoms with Crippen molar-refractivity contribution in [3.8, 4) is 0 Å². The molecular weight excluding hydrogens is 222 g/mol. The van der Waals surface area contributed by atoms with E-state index in [0.717, 1.165) is 18.7 Å². The fourth-order valence-electron chi connectivity index (χ4n) is 3.06. The van der Waals surface area contributed by atoms with Gasteiger partial charge in [-0.1, -0.05) is 6.92 Å². The highest BCUT2D eigenvalue weighted by molar-refractivity contribution is 5.59. The van der Waals surface area contributed by atoms with Crippen molar-refractivity contribution in [3.63, 3.8) is 0 Å². The second-order valence-corrected chi connectivity index (χ2v) is 5.80. The number of likely N-dealkylation sites (N-methyl/N-ethyl adjacent to an activating group) is 1. The van der Waals surface area contributed by atoms with Gasteiger partial charge in [-0.05, 0) is 50.1 Å². The highest BCUT2D eigenvalue weighted by Gasteiger charge is 2.49. The molecule has 0 radical (unpaired) electrons. The van der Waals surface area contributed by atoms with Crippen LogP contribution >= 0.6 is 0 Å². The van der Waals surface area contributed by atoms with Gasteiger partial charge in [0.15, 0.2) is 0 Å². The van der Waals surface area contributed by atoms with Crippen molar-refractivity contribution in [1.82, 2.24) is 4.90 Å². The standard InChI is InChI=1S/C15H23N3/c1-3-12-10-13(4-5-14(12)16)18-9-8-17(2)15(11-18)6-7-15/h4-5,10H,3,6-9,11,16H2,1-2H3. The number of anilines is 2. The first-order chi connectivity index (χ1) is 8.64. The lowest BCUT2D eigenvalue weighted by Gasteiger charge is -2.41. The maximum atomic E-state index is 5.99. The molecule has 2 N–H and O–H groups in total. The van der Waals surface area contributed by atoms with Gasteiger partial charge >= 0.3 is 0 Å². The van der Waals surface area contributed by atoms with Crippen LogP contribution in [0.15, 0.2) is 18.2 Å². The molecule has 1 heterocycles. The highest BCUT2D eigenvalue weighted by atomic mass is 15.3. The Morgan fingerprint density at radius 2 is 2.06 bits per heavy atom. The first kappa shape index (κ1) is 11.8. The largest absolute Gasteiger partial charge is 0.399 e. The van der Waals surface area contributed by atoms with E-state index in [1.807, 2.05) is 0 Å². The van der Waals surface area contributed by atoms with E-state index >= 15 is 0 Å². The highest BCUT2D eigenvalue weighted by Crippen LogP contribution is 2.44. The maximum absolute atomic E-state index is 5.99. The third-order valence-corrected chi connectivity index (χ3v) is 4.70. The number of hydrogen-bond donors (Lipinski definition) is 1. The molecule has 2 aliphatic rings. The lowest BCUT2D eigenvalue weighted by atomic mass is 10.1. The third-order valence-electron chi connectivity index (χ3n) is 4.70. The summed E-state index contributed by atoms with van der Waals surface area (Å²) in [6, 6.07) is 6.51. The molecule has 1 spiro atoms. The second-order valence-electron chi connectivity index (χ2n) is 5.80. The quantitative estimate of drug-likeness (QED) is 0.810. The molecule has 3 rings (SSSR count). The van der Waals surface area contributed by atoms with Gasteiger partial charge in [0.25, 0.3) is 0 Å². The summed E-state index contributed by atoms with van der Waals surface area (Å²) in [6.07, 6.45) is 3.73. The summed E-state index contributed by atoms with van der Waals surface area (Å²) < 4.78 is 0. The molecule has 1 saturated carbocycles. The molecular formula is C15H23N3. The van der Waals surface area contributed by atoms with E-state index in [4.69, 9.17) is 5.73 Å². The third kappa shape index (κ3) is 1.87. The van der Waals surface area contributed by atoms with E-state index in [1.54, 1.807) is 0 Å². The minimum absolute atomic E-state index is 0.478. The zero-order chi connectivity index (χ0) is 12.8. The molecule has 0 atom stereocenters. The number of nitrogens with two attached hydrogens (primary N) is 1. The average molecular weight is 245 g/mol. The summed E-state index contributed by atoms with van der Waals surface area (Å²) in [5.74, 6) is 0. The Labute approximate surface area is 110 Å². The lowest BCUT2D eigenvalue weighted by Crippen LogP contribution is -2.53. The van der Waals surface area contributed by atoms with Crippen LogP contribution in [0.4, 0.5) is 11.4 Å². The van der Waals surface area contributed by atoms with Crippen LogP contribution in [0.1, 0.15) is 25.3 Å². The SMILES string of the molecule is CCc1cc(N2CCN(C)C3(CC3)C2)ccc1N. The number of hydrogen-bond acceptors (Lipinski definition) is 3.